The first-order chi connectivity index (χ1) is 13.4. The predicted molar refractivity (Wildman–Crippen MR) is 103 cm³/mol. The Morgan fingerprint density at radius 3 is 2.61 bits per heavy atom. The molecular formula is C21H22N2O5. The first-order valence-corrected chi connectivity index (χ1v) is 9.04. The van der Waals surface area contributed by atoms with Crippen LogP contribution in [0.25, 0.3) is 0 Å². The third-order valence-corrected chi connectivity index (χ3v) is 4.60. The Morgan fingerprint density at radius 1 is 1.14 bits per heavy atom. The molecule has 1 saturated heterocycles. The quantitative estimate of drug-likeness (QED) is 0.829. The summed E-state index contributed by atoms with van der Waals surface area (Å²) in [4.78, 5) is 37.8. The van der Waals surface area contributed by atoms with E-state index in [1.807, 2.05) is 13.0 Å². The van der Waals surface area contributed by atoms with Crippen LogP contribution in [0.3, 0.4) is 0 Å². The molecular weight excluding hydrogens is 360 g/mol. The highest BCUT2D eigenvalue weighted by atomic mass is 16.5. The van der Waals surface area contributed by atoms with Crippen molar-refractivity contribution < 1.29 is 24.2 Å². The van der Waals surface area contributed by atoms with E-state index in [-0.39, 0.29) is 24.8 Å². The maximum Gasteiger partial charge on any atom is 0.306 e. The van der Waals surface area contributed by atoms with E-state index in [1.165, 1.54) is 0 Å². The van der Waals surface area contributed by atoms with Gasteiger partial charge in [-0.15, -0.1) is 0 Å². The number of nitrogens with zero attached hydrogens (tertiary/aromatic N) is 1. The average molecular weight is 382 g/mol. The zero-order valence-corrected chi connectivity index (χ0v) is 15.6. The van der Waals surface area contributed by atoms with E-state index in [0.29, 0.717) is 30.0 Å². The number of hydrogen-bond donors (Lipinski definition) is 2. The summed E-state index contributed by atoms with van der Waals surface area (Å²) >= 11 is 0. The van der Waals surface area contributed by atoms with Crippen molar-refractivity contribution in [1.82, 2.24) is 4.90 Å². The third-order valence-electron chi connectivity index (χ3n) is 4.60. The van der Waals surface area contributed by atoms with Gasteiger partial charge in [0.05, 0.1) is 19.1 Å². The molecule has 1 aliphatic heterocycles. The summed E-state index contributed by atoms with van der Waals surface area (Å²) in [5, 5.41) is 11.8. The lowest BCUT2D eigenvalue weighted by Crippen LogP contribution is -2.46. The summed E-state index contributed by atoms with van der Waals surface area (Å²) in [5.74, 6) is -1.42. The van der Waals surface area contributed by atoms with E-state index in [1.54, 1.807) is 47.4 Å². The number of benzene rings is 2. The fourth-order valence-electron chi connectivity index (χ4n) is 3.08. The number of carbonyl (C=O) groups is 3. The van der Waals surface area contributed by atoms with Crippen molar-refractivity contribution in [3.8, 4) is 0 Å². The van der Waals surface area contributed by atoms with Gasteiger partial charge >= 0.3 is 5.97 Å². The highest BCUT2D eigenvalue weighted by Gasteiger charge is 2.27. The molecule has 0 bridgehead atoms. The van der Waals surface area contributed by atoms with Gasteiger partial charge in [0.15, 0.2) is 0 Å². The number of carboxylic acids is 1. The van der Waals surface area contributed by atoms with E-state index in [2.05, 4.69) is 5.32 Å². The molecule has 0 aliphatic carbocycles. The van der Waals surface area contributed by atoms with Gasteiger partial charge in [-0.25, -0.2) is 0 Å². The van der Waals surface area contributed by atoms with Gasteiger partial charge in [0, 0.05) is 29.9 Å². The topological polar surface area (TPSA) is 95.9 Å². The van der Waals surface area contributed by atoms with Crippen molar-refractivity contribution in [3.05, 3.63) is 65.2 Å². The van der Waals surface area contributed by atoms with Crippen LogP contribution in [0.5, 0.6) is 0 Å². The van der Waals surface area contributed by atoms with Crippen LogP contribution in [0.15, 0.2) is 48.5 Å². The lowest BCUT2D eigenvalue weighted by molar-refractivity contribution is -0.141. The number of hydrogen-bond acceptors (Lipinski definition) is 4. The highest BCUT2D eigenvalue weighted by Crippen LogP contribution is 2.20. The molecule has 2 amide bonds. The van der Waals surface area contributed by atoms with Crippen LogP contribution in [-0.2, 0) is 9.53 Å². The molecule has 7 heteroatoms. The van der Waals surface area contributed by atoms with Crippen LogP contribution in [-0.4, -0.2) is 53.6 Å². The molecule has 0 aromatic heterocycles. The number of carboxylic acid groups (broad SMARTS) is 1. The number of ether oxygens (including phenoxy) is 1. The zero-order valence-electron chi connectivity index (χ0n) is 15.6. The van der Waals surface area contributed by atoms with Crippen molar-refractivity contribution in [2.24, 2.45) is 0 Å². The van der Waals surface area contributed by atoms with Gasteiger partial charge in [-0.2, -0.15) is 0 Å². The van der Waals surface area contributed by atoms with E-state index in [4.69, 9.17) is 9.84 Å². The SMILES string of the molecule is Cc1ccc(C(=O)N2CCOC(CC(=O)O)C2)cc1NC(=O)c1ccccc1. The second-order valence-electron chi connectivity index (χ2n) is 6.69. The van der Waals surface area contributed by atoms with Crippen LogP contribution in [0, 0.1) is 6.92 Å². The highest BCUT2D eigenvalue weighted by molar-refractivity contribution is 6.05. The molecule has 1 atom stereocenters. The summed E-state index contributed by atoms with van der Waals surface area (Å²) in [7, 11) is 0. The van der Waals surface area contributed by atoms with Crippen LogP contribution in [0.1, 0.15) is 32.7 Å². The monoisotopic (exact) mass is 382 g/mol. The summed E-state index contributed by atoms with van der Waals surface area (Å²) in [6, 6.07) is 14.0. The number of aryl methyl sites for hydroxylation is 1. The Bertz CT molecular complexity index is 882. The van der Waals surface area contributed by atoms with Gasteiger partial charge in [0.25, 0.3) is 11.8 Å². The molecule has 1 unspecified atom stereocenters. The Labute approximate surface area is 162 Å². The first-order valence-electron chi connectivity index (χ1n) is 9.04. The minimum absolute atomic E-state index is 0.143. The van der Waals surface area contributed by atoms with Crippen molar-refractivity contribution >= 4 is 23.5 Å². The van der Waals surface area contributed by atoms with Gasteiger partial charge in [-0.05, 0) is 36.8 Å². The number of aliphatic carboxylic acids is 1. The van der Waals surface area contributed by atoms with Crippen LogP contribution >= 0.6 is 0 Å². The molecule has 0 radical (unpaired) electrons. The second kappa shape index (κ2) is 8.67. The predicted octanol–water partition coefficient (Wildman–Crippen LogP) is 2.56. The molecule has 2 aromatic rings. The summed E-state index contributed by atoms with van der Waals surface area (Å²) in [5.41, 5.74) is 2.37. The minimum Gasteiger partial charge on any atom is -0.481 e. The molecule has 28 heavy (non-hydrogen) atoms. The number of nitrogens with one attached hydrogen (secondary N) is 1. The van der Waals surface area contributed by atoms with Crippen molar-refractivity contribution in [1.29, 1.82) is 0 Å². The van der Waals surface area contributed by atoms with E-state index >= 15 is 0 Å². The van der Waals surface area contributed by atoms with Crippen LogP contribution in [0.2, 0.25) is 0 Å². The van der Waals surface area contributed by atoms with Gasteiger partial charge < -0.3 is 20.1 Å². The number of rotatable bonds is 5. The van der Waals surface area contributed by atoms with Crippen LogP contribution < -0.4 is 5.32 Å². The van der Waals surface area contributed by atoms with Gasteiger partial charge in [0.2, 0.25) is 0 Å². The maximum atomic E-state index is 12.9. The largest absolute Gasteiger partial charge is 0.481 e. The molecule has 0 spiro atoms. The normalized spacial score (nSPS) is 16.5. The molecule has 3 rings (SSSR count). The molecule has 1 aliphatic rings. The molecule has 1 heterocycles. The van der Waals surface area contributed by atoms with Crippen LogP contribution in [0.4, 0.5) is 5.69 Å². The minimum atomic E-state index is -0.958. The molecule has 2 aromatic carbocycles. The van der Waals surface area contributed by atoms with Gasteiger partial charge in [-0.1, -0.05) is 24.3 Å². The Morgan fingerprint density at radius 2 is 1.89 bits per heavy atom. The van der Waals surface area contributed by atoms with Gasteiger partial charge in [0.1, 0.15) is 0 Å². The molecule has 7 nitrogen and oxygen atoms in total. The van der Waals surface area contributed by atoms with Crippen molar-refractivity contribution in [2.75, 3.05) is 25.0 Å². The second-order valence-corrected chi connectivity index (χ2v) is 6.69. The first kappa shape index (κ1) is 19.6. The maximum absolute atomic E-state index is 12.9. The summed E-state index contributed by atoms with van der Waals surface area (Å²) < 4.78 is 5.42. The summed E-state index contributed by atoms with van der Waals surface area (Å²) in [6.07, 6.45) is -0.659. The fourth-order valence-corrected chi connectivity index (χ4v) is 3.08. The van der Waals surface area contributed by atoms with Gasteiger partial charge in [-0.3, -0.25) is 14.4 Å². The molecule has 2 N–H and O–H groups in total. The third kappa shape index (κ3) is 4.75. The number of carbonyl (C=O) groups excluding carboxylic acids is 2. The molecule has 0 saturated carbocycles. The number of anilines is 1. The summed E-state index contributed by atoms with van der Waals surface area (Å²) in [6.45, 7) is 2.78. The Balaban J connectivity index is 1.74. The van der Waals surface area contributed by atoms with E-state index in [9.17, 15) is 14.4 Å². The van der Waals surface area contributed by atoms with Crippen molar-refractivity contribution in [2.45, 2.75) is 19.4 Å². The van der Waals surface area contributed by atoms with E-state index in [0.717, 1.165) is 5.56 Å². The lowest BCUT2D eigenvalue weighted by atomic mass is 10.1. The average Bonchev–Trinajstić information content (AvgIpc) is 2.69. The smallest absolute Gasteiger partial charge is 0.306 e. The van der Waals surface area contributed by atoms with E-state index < -0.39 is 12.1 Å². The van der Waals surface area contributed by atoms with Crippen molar-refractivity contribution in [3.63, 3.8) is 0 Å². The Hall–Kier alpha value is -3.19. The Kier molecular flexibility index (Phi) is 6.06. The molecule has 1 fully saturated rings. The standard InChI is InChI=1S/C21H22N2O5/c1-14-7-8-16(11-18(14)22-20(26)15-5-3-2-4-6-15)21(27)23-9-10-28-17(13-23)12-19(24)25/h2-8,11,17H,9-10,12-13H2,1H3,(H,22,26)(H,24,25). The zero-order chi connectivity index (χ0) is 20.1. The lowest BCUT2D eigenvalue weighted by Gasteiger charge is -2.32. The molecule has 146 valence electrons. The fraction of sp³-hybridized carbons (Fsp3) is 0.286. The number of morpholine rings is 1. The number of amides is 2.